The van der Waals surface area contributed by atoms with Gasteiger partial charge in [0, 0.05) is 19.3 Å². The average Bonchev–Trinajstić information content (AvgIpc) is 2.48. The van der Waals surface area contributed by atoms with Crippen molar-refractivity contribution in [1.29, 1.82) is 0 Å². The van der Waals surface area contributed by atoms with E-state index in [1.165, 1.54) is 16.4 Å². The van der Waals surface area contributed by atoms with Crippen LogP contribution in [-0.2, 0) is 16.6 Å². The maximum atomic E-state index is 12.5. The third kappa shape index (κ3) is 3.53. The number of nitrogens with two attached hydrogens (primary N) is 1. The van der Waals surface area contributed by atoms with Gasteiger partial charge in [0.25, 0.3) is 0 Å². The van der Waals surface area contributed by atoms with E-state index in [0.29, 0.717) is 5.69 Å². The lowest BCUT2D eigenvalue weighted by atomic mass is 10.2. The van der Waals surface area contributed by atoms with E-state index in [1.54, 1.807) is 38.4 Å². The Balaban J connectivity index is 2.20. The number of anilines is 1. The highest BCUT2D eigenvalue weighted by Crippen LogP contribution is 2.19. The quantitative estimate of drug-likeness (QED) is 0.859. The van der Waals surface area contributed by atoms with E-state index in [-0.39, 0.29) is 11.4 Å². The molecule has 0 aliphatic carbocycles. The molecule has 2 rings (SSSR count). The summed E-state index contributed by atoms with van der Waals surface area (Å²) in [5.74, 6) is 0.736. The van der Waals surface area contributed by atoms with E-state index in [0.717, 1.165) is 11.3 Å². The second-order valence-electron chi connectivity index (χ2n) is 4.68. The van der Waals surface area contributed by atoms with E-state index in [9.17, 15) is 8.42 Å². The Labute approximate surface area is 125 Å². The van der Waals surface area contributed by atoms with Crippen molar-refractivity contribution in [3.8, 4) is 5.75 Å². The summed E-state index contributed by atoms with van der Waals surface area (Å²) in [5.41, 5.74) is 6.95. The van der Waals surface area contributed by atoms with Crippen LogP contribution in [0.2, 0.25) is 0 Å². The average molecular weight is 306 g/mol. The van der Waals surface area contributed by atoms with Crippen molar-refractivity contribution in [3.05, 3.63) is 54.1 Å². The topological polar surface area (TPSA) is 72.6 Å². The zero-order valence-electron chi connectivity index (χ0n) is 12.0. The number of rotatable bonds is 5. The van der Waals surface area contributed by atoms with Gasteiger partial charge in [0.2, 0.25) is 10.0 Å². The highest BCUT2D eigenvalue weighted by molar-refractivity contribution is 7.89. The van der Waals surface area contributed by atoms with Crippen molar-refractivity contribution in [2.75, 3.05) is 19.9 Å². The monoisotopic (exact) mass is 306 g/mol. The predicted molar refractivity (Wildman–Crippen MR) is 82.5 cm³/mol. The van der Waals surface area contributed by atoms with Crippen LogP contribution in [-0.4, -0.2) is 26.9 Å². The number of hydrogen-bond acceptors (Lipinski definition) is 4. The van der Waals surface area contributed by atoms with Crippen LogP contribution < -0.4 is 10.5 Å². The number of nitrogens with zero attached hydrogens (tertiary/aromatic N) is 1. The Hall–Kier alpha value is -2.05. The van der Waals surface area contributed by atoms with Crippen LogP contribution in [0.1, 0.15) is 5.56 Å². The minimum absolute atomic E-state index is 0.193. The molecule has 0 saturated carbocycles. The van der Waals surface area contributed by atoms with E-state index >= 15 is 0 Å². The molecule has 0 radical (unpaired) electrons. The zero-order chi connectivity index (χ0) is 15.5. The van der Waals surface area contributed by atoms with Gasteiger partial charge in [-0.15, -0.1) is 0 Å². The standard InChI is InChI=1S/C15H18N2O3S/c1-17(11-12-6-8-14(20-2)9-7-12)21(18,19)15-5-3-4-13(16)10-15/h3-10H,11,16H2,1-2H3. The predicted octanol–water partition coefficient (Wildman–Crippen LogP) is 2.10. The van der Waals surface area contributed by atoms with Gasteiger partial charge in [0.15, 0.2) is 0 Å². The maximum Gasteiger partial charge on any atom is 0.243 e. The summed E-state index contributed by atoms with van der Waals surface area (Å²) in [6.07, 6.45) is 0. The van der Waals surface area contributed by atoms with Crippen LogP contribution in [0.15, 0.2) is 53.4 Å². The molecule has 0 unspecified atom stereocenters. The molecule has 0 aliphatic heterocycles. The van der Waals surface area contributed by atoms with Gasteiger partial charge in [-0.2, -0.15) is 4.31 Å². The summed E-state index contributed by atoms with van der Waals surface area (Å²) < 4.78 is 31.3. The second kappa shape index (κ2) is 6.15. The molecule has 0 atom stereocenters. The molecule has 0 saturated heterocycles. The van der Waals surface area contributed by atoms with Crippen LogP contribution in [0.3, 0.4) is 0 Å². The number of benzene rings is 2. The first kappa shape index (κ1) is 15.3. The van der Waals surface area contributed by atoms with E-state index in [1.807, 2.05) is 12.1 Å². The van der Waals surface area contributed by atoms with Crippen LogP contribution in [0.5, 0.6) is 5.75 Å². The third-order valence-corrected chi connectivity index (χ3v) is 4.93. The minimum Gasteiger partial charge on any atom is -0.497 e. The van der Waals surface area contributed by atoms with Gasteiger partial charge in [0.1, 0.15) is 5.75 Å². The van der Waals surface area contributed by atoms with Crippen molar-refractivity contribution in [2.45, 2.75) is 11.4 Å². The van der Waals surface area contributed by atoms with Gasteiger partial charge in [-0.1, -0.05) is 18.2 Å². The zero-order valence-corrected chi connectivity index (χ0v) is 12.8. The molecule has 0 spiro atoms. The smallest absolute Gasteiger partial charge is 0.243 e. The van der Waals surface area contributed by atoms with Crippen molar-refractivity contribution in [1.82, 2.24) is 4.31 Å². The van der Waals surface area contributed by atoms with Crippen molar-refractivity contribution in [2.24, 2.45) is 0 Å². The molecule has 0 aromatic heterocycles. The Morgan fingerprint density at radius 3 is 2.38 bits per heavy atom. The Morgan fingerprint density at radius 1 is 1.14 bits per heavy atom. The van der Waals surface area contributed by atoms with Crippen LogP contribution in [0.4, 0.5) is 5.69 Å². The largest absolute Gasteiger partial charge is 0.497 e. The highest BCUT2D eigenvalue weighted by atomic mass is 32.2. The number of nitrogen functional groups attached to an aromatic ring is 1. The highest BCUT2D eigenvalue weighted by Gasteiger charge is 2.20. The van der Waals surface area contributed by atoms with Crippen molar-refractivity contribution >= 4 is 15.7 Å². The first-order valence-corrected chi connectivity index (χ1v) is 7.82. The summed E-state index contributed by atoms with van der Waals surface area (Å²) in [6, 6.07) is 13.6. The SMILES string of the molecule is COc1ccc(CN(C)S(=O)(=O)c2cccc(N)c2)cc1. The van der Waals surface area contributed by atoms with Gasteiger partial charge in [0.05, 0.1) is 12.0 Å². The Morgan fingerprint density at radius 2 is 1.81 bits per heavy atom. The fourth-order valence-corrected chi connectivity index (χ4v) is 3.14. The molecular weight excluding hydrogens is 288 g/mol. The van der Waals surface area contributed by atoms with Crippen molar-refractivity contribution < 1.29 is 13.2 Å². The maximum absolute atomic E-state index is 12.5. The van der Waals surface area contributed by atoms with Gasteiger partial charge >= 0.3 is 0 Å². The van der Waals surface area contributed by atoms with Crippen LogP contribution in [0.25, 0.3) is 0 Å². The first-order chi connectivity index (χ1) is 9.93. The number of sulfonamides is 1. The van der Waals surface area contributed by atoms with Gasteiger partial charge < -0.3 is 10.5 Å². The molecule has 0 heterocycles. The summed E-state index contributed by atoms with van der Waals surface area (Å²) in [6.45, 7) is 0.279. The fraction of sp³-hybridized carbons (Fsp3) is 0.200. The van der Waals surface area contributed by atoms with E-state index in [2.05, 4.69) is 0 Å². The summed E-state index contributed by atoms with van der Waals surface area (Å²) in [5, 5.41) is 0. The van der Waals surface area contributed by atoms with E-state index in [4.69, 9.17) is 10.5 Å². The molecule has 0 aliphatic rings. The second-order valence-corrected chi connectivity index (χ2v) is 6.73. The third-order valence-electron chi connectivity index (χ3n) is 3.13. The fourth-order valence-electron chi connectivity index (χ4n) is 1.93. The molecule has 0 fully saturated rings. The molecule has 5 nitrogen and oxygen atoms in total. The molecular formula is C15H18N2O3S. The van der Waals surface area contributed by atoms with E-state index < -0.39 is 10.0 Å². The summed E-state index contributed by atoms with van der Waals surface area (Å²) in [7, 11) is -0.420. The first-order valence-electron chi connectivity index (χ1n) is 6.38. The molecule has 2 N–H and O–H groups in total. The van der Waals surface area contributed by atoms with Gasteiger partial charge in [-0.25, -0.2) is 8.42 Å². The van der Waals surface area contributed by atoms with Crippen molar-refractivity contribution in [3.63, 3.8) is 0 Å². The molecule has 2 aromatic rings. The molecule has 0 bridgehead atoms. The Bertz CT molecular complexity index is 712. The number of ether oxygens (including phenoxy) is 1. The number of methoxy groups -OCH3 is 1. The summed E-state index contributed by atoms with van der Waals surface area (Å²) >= 11 is 0. The summed E-state index contributed by atoms with van der Waals surface area (Å²) in [4.78, 5) is 0.193. The van der Waals surface area contributed by atoms with Crippen LogP contribution >= 0.6 is 0 Å². The minimum atomic E-state index is -3.55. The van der Waals surface area contributed by atoms with Gasteiger partial charge in [-0.3, -0.25) is 0 Å². The van der Waals surface area contributed by atoms with Crippen LogP contribution in [0, 0.1) is 0 Å². The molecule has 112 valence electrons. The lowest BCUT2D eigenvalue weighted by molar-refractivity contribution is 0.414. The Kier molecular flexibility index (Phi) is 4.50. The molecule has 2 aromatic carbocycles. The number of hydrogen-bond donors (Lipinski definition) is 1. The lowest BCUT2D eigenvalue weighted by Crippen LogP contribution is -2.26. The molecule has 21 heavy (non-hydrogen) atoms. The normalized spacial score (nSPS) is 11.6. The van der Waals surface area contributed by atoms with Gasteiger partial charge in [-0.05, 0) is 35.9 Å². The molecule has 0 amide bonds. The lowest BCUT2D eigenvalue weighted by Gasteiger charge is -2.17. The molecule has 6 heteroatoms.